The number of carbonyl (C=O) groups is 1. The molecule has 2 N–H and O–H groups in total. The van der Waals surface area contributed by atoms with Crippen molar-refractivity contribution in [1.29, 1.82) is 0 Å². The van der Waals surface area contributed by atoms with Gasteiger partial charge in [0.25, 0.3) is 5.91 Å². The van der Waals surface area contributed by atoms with Crippen molar-refractivity contribution < 1.29 is 9.53 Å². The van der Waals surface area contributed by atoms with E-state index in [4.69, 9.17) is 22.1 Å². The van der Waals surface area contributed by atoms with Crippen LogP contribution in [0.15, 0.2) is 54.6 Å². The van der Waals surface area contributed by atoms with Gasteiger partial charge in [0.05, 0.1) is 0 Å². The minimum Gasteiger partial charge on any atom is -0.465 e. The molecular weight excluding hydrogens is 262 g/mol. The van der Waals surface area contributed by atoms with E-state index in [9.17, 15) is 4.79 Å². The van der Waals surface area contributed by atoms with Gasteiger partial charge < -0.3 is 10.5 Å². The van der Waals surface area contributed by atoms with E-state index in [1.165, 1.54) is 0 Å². The normalized spacial score (nSPS) is 11.8. The molecule has 4 heteroatoms. The fourth-order valence-electron chi connectivity index (χ4n) is 1.75. The summed E-state index contributed by atoms with van der Waals surface area (Å²) in [5, 5.41) is 0. The van der Waals surface area contributed by atoms with E-state index in [1.54, 1.807) is 6.07 Å². The Morgan fingerprint density at radius 2 is 1.74 bits per heavy atom. The summed E-state index contributed by atoms with van der Waals surface area (Å²) in [4.78, 5) is 10.9. The summed E-state index contributed by atoms with van der Waals surface area (Å²) in [6.45, 7) is 0. The molecule has 19 heavy (non-hydrogen) atoms. The molecular formula is C15H14ClNO2. The standard InChI is InChI=1S/C15H14ClNO2/c16-14(15(17)18)19-13-9-5-4-8-12(13)10-11-6-2-1-3-7-11/h1-9,14H,10H2,(H2,17,18). The lowest BCUT2D eigenvalue weighted by atomic mass is 10.0. The SMILES string of the molecule is NC(=O)C(Cl)Oc1ccccc1Cc1ccccc1. The second kappa shape index (κ2) is 6.25. The number of halogens is 1. The molecule has 0 bridgehead atoms. The van der Waals surface area contributed by atoms with E-state index < -0.39 is 11.5 Å². The highest BCUT2D eigenvalue weighted by atomic mass is 35.5. The molecule has 1 unspecified atom stereocenters. The number of alkyl halides is 1. The number of ether oxygens (including phenoxy) is 1. The first kappa shape index (κ1) is 13.4. The zero-order valence-electron chi connectivity index (χ0n) is 10.3. The number of hydrogen-bond acceptors (Lipinski definition) is 2. The molecule has 3 nitrogen and oxygen atoms in total. The van der Waals surface area contributed by atoms with Crippen LogP contribution in [0, 0.1) is 0 Å². The summed E-state index contributed by atoms with van der Waals surface area (Å²) >= 11 is 5.73. The summed E-state index contributed by atoms with van der Waals surface area (Å²) in [6, 6.07) is 17.4. The van der Waals surface area contributed by atoms with Crippen molar-refractivity contribution in [3.05, 3.63) is 65.7 Å². The summed E-state index contributed by atoms with van der Waals surface area (Å²) in [7, 11) is 0. The fraction of sp³-hybridized carbons (Fsp3) is 0.133. The Bertz CT molecular complexity index is 557. The van der Waals surface area contributed by atoms with Crippen molar-refractivity contribution >= 4 is 17.5 Å². The highest BCUT2D eigenvalue weighted by Gasteiger charge is 2.14. The van der Waals surface area contributed by atoms with Crippen molar-refractivity contribution in [2.75, 3.05) is 0 Å². The number of amides is 1. The molecule has 0 aliphatic heterocycles. The lowest BCUT2D eigenvalue weighted by Crippen LogP contribution is -2.28. The van der Waals surface area contributed by atoms with Gasteiger partial charge >= 0.3 is 0 Å². The monoisotopic (exact) mass is 275 g/mol. The number of rotatable bonds is 5. The molecule has 0 aliphatic rings. The minimum atomic E-state index is -1.16. The third kappa shape index (κ3) is 3.73. The van der Waals surface area contributed by atoms with E-state index in [0.29, 0.717) is 12.2 Å². The van der Waals surface area contributed by atoms with Crippen molar-refractivity contribution in [2.24, 2.45) is 5.73 Å². The van der Waals surface area contributed by atoms with Crippen molar-refractivity contribution in [3.8, 4) is 5.75 Å². The Labute approximate surface area is 117 Å². The van der Waals surface area contributed by atoms with E-state index in [-0.39, 0.29) is 0 Å². The Kier molecular flexibility index (Phi) is 4.42. The lowest BCUT2D eigenvalue weighted by molar-refractivity contribution is -0.121. The van der Waals surface area contributed by atoms with Crippen LogP contribution in [0.25, 0.3) is 0 Å². The van der Waals surface area contributed by atoms with Gasteiger partial charge in [0.15, 0.2) is 0 Å². The maximum atomic E-state index is 10.9. The van der Waals surface area contributed by atoms with Crippen LogP contribution in [0.2, 0.25) is 0 Å². The second-order valence-electron chi connectivity index (χ2n) is 4.11. The van der Waals surface area contributed by atoms with E-state index in [2.05, 4.69) is 0 Å². The molecule has 0 radical (unpaired) electrons. The van der Waals surface area contributed by atoms with Gasteiger partial charge in [0.2, 0.25) is 5.56 Å². The Morgan fingerprint density at radius 3 is 2.42 bits per heavy atom. The number of primary amides is 1. The predicted molar refractivity (Wildman–Crippen MR) is 75.2 cm³/mol. The molecule has 2 aromatic rings. The maximum Gasteiger partial charge on any atom is 0.274 e. The smallest absolute Gasteiger partial charge is 0.274 e. The molecule has 2 rings (SSSR count). The molecule has 0 fully saturated rings. The van der Waals surface area contributed by atoms with Gasteiger partial charge in [-0.1, -0.05) is 60.1 Å². The van der Waals surface area contributed by atoms with Gasteiger partial charge in [-0.05, 0) is 17.2 Å². The highest BCUT2D eigenvalue weighted by Crippen LogP contribution is 2.23. The first-order valence-corrected chi connectivity index (χ1v) is 6.32. The molecule has 2 aromatic carbocycles. The third-order valence-electron chi connectivity index (χ3n) is 2.66. The Balaban J connectivity index is 2.19. The van der Waals surface area contributed by atoms with Crippen LogP contribution in [0.1, 0.15) is 11.1 Å². The predicted octanol–water partition coefficient (Wildman–Crippen LogP) is 2.71. The Hall–Kier alpha value is -2.00. The van der Waals surface area contributed by atoms with Crippen LogP contribution < -0.4 is 10.5 Å². The highest BCUT2D eigenvalue weighted by molar-refractivity contribution is 6.29. The average Bonchev–Trinajstić information content (AvgIpc) is 2.42. The van der Waals surface area contributed by atoms with E-state index in [0.717, 1.165) is 11.1 Å². The molecule has 0 heterocycles. The molecule has 0 saturated carbocycles. The topological polar surface area (TPSA) is 52.3 Å². The second-order valence-corrected chi connectivity index (χ2v) is 4.50. The van der Waals surface area contributed by atoms with Crippen molar-refractivity contribution in [1.82, 2.24) is 0 Å². The number of hydrogen-bond donors (Lipinski definition) is 1. The molecule has 98 valence electrons. The first-order valence-electron chi connectivity index (χ1n) is 5.88. The van der Waals surface area contributed by atoms with E-state index >= 15 is 0 Å². The van der Waals surface area contributed by atoms with Gasteiger partial charge in [-0.2, -0.15) is 0 Å². The summed E-state index contributed by atoms with van der Waals surface area (Å²) < 4.78 is 5.37. The molecule has 0 aliphatic carbocycles. The quantitative estimate of drug-likeness (QED) is 0.853. The zero-order valence-corrected chi connectivity index (χ0v) is 11.0. The number of para-hydroxylation sites is 1. The van der Waals surface area contributed by atoms with Crippen LogP contribution in [0.5, 0.6) is 5.75 Å². The summed E-state index contributed by atoms with van der Waals surface area (Å²) in [5.74, 6) is -0.124. The number of benzene rings is 2. The number of nitrogens with two attached hydrogens (primary N) is 1. The van der Waals surface area contributed by atoms with Crippen LogP contribution in [-0.4, -0.2) is 11.5 Å². The van der Waals surface area contributed by atoms with E-state index in [1.807, 2.05) is 48.5 Å². The van der Waals surface area contributed by atoms with Crippen molar-refractivity contribution in [2.45, 2.75) is 12.0 Å². The van der Waals surface area contributed by atoms with Crippen molar-refractivity contribution in [3.63, 3.8) is 0 Å². The molecule has 0 spiro atoms. The maximum absolute atomic E-state index is 10.9. The van der Waals surface area contributed by atoms with Crippen LogP contribution >= 0.6 is 11.6 Å². The minimum absolute atomic E-state index is 0.574. The van der Waals surface area contributed by atoms with Gasteiger partial charge in [0, 0.05) is 6.42 Å². The summed E-state index contributed by atoms with van der Waals surface area (Å²) in [6.07, 6.45) is 0.708. The Morgan fingerprint density at radius 1 is 1.11 bits per heavy atom. The molecule has 0 aromatic heterocycles. The van der Waals surface area contributed by atoms with Crippen LogP contribution in [0.4, 0.5) is 0 Å². The third-order valence-corrected chi connectivity index (χ3v) is 2.97. The molecule has 0 saturated heterocycles. The average molecular weight is 276 g/mol. The first-order chi connectivity index (χ1) is 9.16. The van der Waals surface area contributed by atoms with Gasteiger partial charge in [-0.15, -0.1) is 0 Å². The zero-order chi connectivity index (χ0) is 13.7. The lowest BCUT2D eigenvalue weighted by Gasteiger charge is -2.13. The largest absolute Gasteiger partial charge is 0.465 e. The van der Waals surface area contributed by atoms with Crippen LogP contribution in [-0.2, 0) is 11.2 Å². The fourth-order valence-corrected chi connectivity index (χ4v) is 1.85. The molecule has 1 amide bonds. The van der Waals surface area contributed by atoms with Gasteiger partial charge in [0.1, 0.15) is 5.75 Å². The number of carbonyl (C=O) groups excluding carboxylic acids is 1. The van der Waals surface area contributed by atoms with Gasteiger partial charge in [-0.3, -0.25) is 4.79 Å². The van der Waals surface area contributed by atoms with Gasteiger partial charge in [-0.25, -0.2) is 0 Å². The molecule has 1 atom stereocenters. The summed E-state index contributed by atoms with van der Waals surface area (Å²) in [5.41, 5.74) is 6.05. The van der Waals surface area contributed by atoms with Crippen LogP contribution in [0.3, 0.4) is 0 Å².